The Morgan fingerprint density at radius 1 is 1.03 bits per heavy atom. The molecule has 4 rings (SSSR count). The van der Waals surface area contributed by atoms with Crippen LogP contribution < -0.4 is 19.5 Å². The lowest BCUT2D eigenvalue weighted by molar-refractivity contribution is -0.120. The molecule has 33 heavy (non-hydrogen) atoms. The van der Waals surface area contributed by atoms with Crippen molar-refractivity contribution in [3.8, 4) is 28.8 Å². The average molecular weight is 451 g/mol. The Kier molecular flexibility index (Phi) is 6.63. The van der Waals surface area contributed by atoms with Crippen molar-refractivity contribution < 1.29 is 23.4 Å². The Labute approximate surface area is 189 Å². The monoisotopic (exact) mass is 451 g/mol. The maximum atomic E-state index is 13.0. The standard InChI is InChI=1S/C23H22FN5O4/c1-31-17-7-8-19(32-2)18(14-17)23-27-26-20-9-10-22(28-29(20)23)33-12-11-25-21(30)13-15-3-5-16(24)6-4-15/h3-10,14H,11-13H2,1-2H3,(H,25,30). The Hall–Kier alpha value is -4.21. The van der Waals surface area contributed by atoms with E-state index in [-0.39, 0.29) is 24.8 Å². The first-order valence-corrected chi connectivity index (χ1v) is 10.2. The van der Waals surface area contributed by atoms with Crippen LogP contribution in [0, 0.1) is 5.82 Å². The number of rotatable bonds is 9. The minimum absolute atomic E-state index is 0.164. The molecule has 0 spiro atoms. The number of hydrogen-bond acceptors (Lipinski definition) is 7. The predicted octanol–water partition coefficient (Wildman–Crippen LogP) is 2.69. The third-order valence-corrected chi connectivity index (χ3v) is 4.84. The van der Waals surface area contributed by atoms with E-state index in [9.17, 15) is 9.18 Å². The second kappa shape index (κ2) is 9.94. The molecular weight excluding hydrogens is 429 g/mol. The molecule has 0 saturated carbocycles. The summed E-state index contributed by atoms with van der Waals surface area (Å²) >= 11 is 0. The Balaban J connectivity index is 1.40. The van der Waals surface area contributed by atoms with Gasteiger partial charge in [-0.05, 0) is 42.0 Å². The Bertz CT molecular complexity index is 1260. The van der Waals surface area contributed by atoms with Gasteiger partial charge in [0.25, 0.3) is 0 Å². The molecule has 2 aromatic carbocycles. The Morgan fingerprint density at radius 3 is 2.61 bits per heavy atom. The largest absolute Gasteiger partial charge is 0.497 e. The molecule has 0 aliphatic carbocycles. The maximum Gasteiger partial charge on any atom is 0.231 e. The zero-order valence-electron chi connectivity index (χ0n) is 18.1. The summed E-state index contributed by atoms with van der Waals surface area (Å²) in [5, 5.41) is 15.6. The van der Waals surface area contributed by atoms with E-state index in [1.165, 1.54) is 12.1 Å². The summed E-state index contributed by atoms with van der Waals surface area (Å²) in [6, 6.07) is 14.6. The van der Waals surface area contributed by atoms with E-state index >= 15 is 0 Å². The minimum Gasteiger partial charge on any atom is -0.497 e. The highest BCUT2D eigenvalue weighted by Gasteiger charge is 2.16. The van der Waals surface area contributed by atoms with Gasteiger partial charge in [-0.3, -0.25) is 4.79 Å². The quantitative estimate of drug-likeness (QED) is 0.391. The number of benzene rings is 2. The number of nitrogens with zero attached hydrogens (tertiary/aromatic N) is 4. The van der Waals surface area contributed by atoms with E-state index in [4.69, 9.17) is 14.2 Å². The first-order valence-electron chi connectivity index (χ1n) is 10.2. The lowest BCUT2D eigenvalue weighted by atomic mass is 10.1. The van der Waals surface area contributed by atoms with Gasteiger partial charge in [-0.15, -0.1) is 15.3 Å². The third-order valence-electron chi connectivity index (χ3n) is 4.84. The van der Waals surface area contributed by atoms with Crippen LogP contribution in [-0.4, -0.2) is 53.1 Å². The van der Waals surface area contributed by atoms with Crippen molar-refractivity contribution in [2.75, 3.05) is 27.4 Å². The van der Waals surface area contributed by atoms with Gasteiger partial charge in [0, 0.05) is 6.07 Å². The second-order valence-corrected chi connectivity index (χ2v) is 7.03. The number of carbonyl (C=O) groups is 1. The summed E-state index contributed by atoms with van der Waals surface area (Å²) in [4.78, 5) is 12.0. The van der Waals surface area contributed by atoms with Crippen molar-refractivity contribution >= 4 is 11.6 Å². The van der Waals surface area contributed by atoms with E-state index in [0.29, 0.717) is 41.0 Å². The molecule has 0 aliphatic rings. The van der Waals surface area contributed by atoms with Gasteiger partial charge in [0.1, 0.15) is 23.9 Å². The first-order chi connectivity index (χ1) is 16.1. The molecule has 0 bridgehead atoms. The molecule has 10 heteroatoms. The predicted molar refractivity (Wildman–Crippen MR) is 118 cm³/mol. The molecule has 0 atom stereocenters. The lowest BCUT2D eigenvalue weighted by Gasteiger charge is -2.10. The van der Waals surface area contributed by atoms with Gasteiger partial charge in [0.05, 0.1) is 32.7 Å². The molecule has 0 radical (unpaired) electrons. The van der Waals surface area contributed by atoms with Gasteiger partial charge in [0.15, 0.2) is 11.5 Å². The highest BCUT2D eigenvalue weighted by atomic mass is 19.1. The molecule has 0 aliphatic heterocycles. The van der Waals surface area contributed by atoms with Crippen molar-refractivity contribution in [1.29, 1.82) is 0 Å². The molecule has 0 saturated heterocycles. The maximum absolute atomic E-state index is 13.0. The van der Waals surface area contributed by atoms with Gasteiger partial charge in [0.2, 0.25) is 11.8 Å². The fourth-order valence-electron chi connectivity index (χ4n) is 3.20. The van der Waals surface area contributed by atoms with Gasteiger partial charge in [-0.25, -0.2) is 4.39 Å². The van der Waals surface area contributed by atoms with Crippen LogP contribution in [0.2, 0.25) is 0 Å². The fourth-order valence-corrected chi connectivity index (χ4v) is 3.20. The molecular formula is C23H22FN5O4. The summed E-state index contributed by atoms with van der Waals surface area (Å²) < 4.78 is 30.9. The third kappa shape index (κ3) is 5.17. The van der Waals surface area contributed by atoms with Crippen LogP contribution >= 0.6 is 0 Å². The number of nitrogens with one attached hydrogen (secondary N) is 1. The molecule has 170 valence electrons. The van der Waals surface area contributed by atoms with E-state index in [0.717, 1.165) is 5.56 Å². The van der Waals surface area contributed by atoms with E-state index in [2.05, 4.69) is 20.6 Å². The van der Waals surface area contributed by atoms with Crippen molar-refractivity contribution in [3.05, 3.63) is 66.0 Å². The van der Waals surface area contributed by atoms with Gasteiger partial charge in [-0.1, -0.05) is 12.1 Å². The first kappa shape index (κ1) is 22.0. The van der Waals surface area contributed by atoms with Gasteiger partial charge >= 0.3 is 0 Å². The molecule has 9 nitrogen and oxygen atoms in total. The summed E-state index contributed by atoms with van der Waals surface area (Å²) in [5.74, 6) is 1.54. The van der Waals surface area contributed by atoms with Crippen LogP contribution in [0.1, 0.15) is 5.56 Å². The zero-order valence-corrected chi connectivity index (χ0v) is 18.1. The van der Waals surface area contributed by atoms with Crippen LogP contribution in [0.4, 0.5) is 4.39 Å². The number of amides is 1. The van der Waals surface area contributed by atoms with Crippen LogP contribution in [0.3, 0.4) is 0 Å². The fraction of sp³-hybridized carbons (Fsp3) is 0.217. The minimum atomic E-state index is -0.335. The summed E-state index contributed by atoms with van der Waals surface area (Å²) in [6.07, 6.45) is 0.164. The van der Waals surface area contributed by atoms with Crippen molar-refractivity contribution in [3.63, 3.8) is 0 Å². The van der Waals surface area contributed by atoms with Crippen molar-refractivity contribution in [2.45, 2.75) is 6.42 Å². The molecule has 2 heterocycles. The molecule has 1 N–H and O–H groups in total. The van der Waals surface area contributed by atoms with Crippen LogP contribution in [-0.2, 0) is 11.2 Å². The summed E-state index contributed by atoms with van der Waals surface area (Å²) in [6.45, 7) is 0.506. The molecule has 0 unspecified atom stereocenters. The number of methoxy groups -OCH3 is 2. The SMILES string of the molecule is COc1ccc(OC)c(-c2nnc3ccc(OCCNC(=O)Cc4ccc(F)cc4)nn23)c1. The van der Waals surface area contributed by atoms with Gasteiger partial charge in [-0.2, -0.15) is 4.52 Å². The molecule has 1 amide bonds. The van der Waals surface area contributed by atoms with Crippen molar-refractivity contribution in [1.82, 2.24) is 25.1 Å². The lowest BCUT2D eigenvalue weighted by Crippen LogP contribution is -2.29. The number of carbonyl (C=O) groups excluding carboxylic acids is 1. The second-order valence-electron chi connectivity index (χ2n) is 7.03. The van der Waals surface area contributed by atoms with Crippen LogP contribution in [0.15, 0.2) is 54.6 Å². The number of hydrogen-bond donors (Lipinski definition) is 1. The van der Waals surface area contributed by atoms with Crippen LogP contribution in [0.5, 0.6) is 17.4 Å². The normalized spacial score (nSPS) is 10.8. The molecule has 2 aromatic heterocycles. The topological polar surface area (TPSA) is 99.9 Å². The summed E-state index contributed by atoms with van der Waals surface area (Å²) in [7, 11) is 3.15. The van der Waals surface area contributed by atoms with Crippen molar-refractivity contribution in [2.24, 2.45) is 0 Å². The number of ether oxygens (including phenoxy) is 3. The highest BCUT2D eigenvalue weighted by Crippen LogP contribution is 2.32. The summed E-state index contributed by atoms with van der Waals surface area (Å²) in [5.41, 5.74) is 1.94. The van der Waals surface area contributed by atoms with E-state index in [1.54, 1.807) is 61.2 Å². The van der Waals surface area contributed by atoms with E-state index < -0.39 is 0 Å². The molecule has 0 fully saturated rings. The van der Waals surface area contributed by atoms with E-state index in [1.807, 2.05) is 0 Å². The number of aromatic nitrogens is 4. The molecule has 4 aromatic rings. The Morgan fingerprint density at radius 2 is 1.85 bits per heavy atom. The van der Waals surface area contributed by atoms with Crippen LogP contribution in [0.25, 0.3) is 17.0 Å². The number of fused-ring (bicyclic) bond motifs is 1. The zero-order chi connectivity index (χ0) is 23.2. The smallest absolute Gasteiger partial charge is 0.231 e. The average Bonchev–Trinajstić information content (AvgIpc) is 3.26. The highest BCUT2D eigenvalue weighted by molar-refractivity contribution is 5.78. The van der Waals surface area contributed by atoms with Gasteiger partial charge < -0.3 is 19.5 Å². The number of halogens is 1.